The number of esters is 1. The summed E-state index contributed by atoms with van der Waals surface area (Å²) in [5.74, 6) is -0.504. The predicted octanol–water partition coefficient (Wildman–Crippen LogP) is 2.47. The average molecular weight is 404 g/mol. The summed E-state index contributed by atoms with van der Waals surface area (Å²) in [5.41, 5.74) is 2.54. The summed E-state index contributed by atoms with van der Waals surface area (Å²) in [6.45, 7) is 1.51. The number of sulfonamides is 1. The Morgan fingerprint density at radius 3 is 2.64 bits per heavy atom. The van der Waals surface area contributed by atoms with Crippen molar-refractivity contribution in [1.29, 1.82) is 0 Å². The zero-order chi connectivity index (χ0) is 20.1. The van der Waals surface area contributed by atoms with Crippen molar-refractivity contribution in [3.05, 3.63) is 59.7 Å². The van der Waals surface area contributed by atoms with Gasteiger partial charge in [-0.05, 0) is 49.1 Å². The molecule has 0 aromatic heterocycles. The Morgan fingerprint density at radius 2 is 1.93 bits per heavy atom. The van der Waals surface area contributed by atoms with Crippen LogP contribution in [0.15, 0.2) is 48.5 Å². The minimum atomic E-state index is -3.83. The molecule has 150 valence electrons. The molecule has 0 amide bonds. The van der Waals surface area contributed by atoms with E-state index in [1.54, 1.807) is 19.1 Å². The van der Waals surface area contributed by atoms with Gasteiger partial charge in [-0.3, -0.25) is 4.79 Å². The smallest absolute Gasteiger partial charge is 0.321 e. The molecule has 1 aliphatic heterocycles. The molecule has 0 radical (unpaired) electrons. The molecule has 1 atom stereocenters. The van der Waals surface area contributed by atoms with Crippen LogP contribution in [0.4, 0.5) is 5.69 Å². The Balaban J connectivity index is 1.84. The van der Waals surface area contributed by atoms with Crippen molar-refractivity contribution >= 4 is 21.7 Å². The third-order valence-corrected chi connectivity index (χ3v) is 6.69. The van der Waals surface area contributed by atoms with Crippen LogP contribution >= 0.6 is 0 Å². The standard InChI is InChI=1S/C20H24N2O5S/c1-2-27-20(24)14-22(13-15-7-10-17(23)11-8-15)28(25,26)19-12-9-16-5-3-4-6-18(16)21-19/h3-8,10-11,19,21,23H,2,9,12-14H2,1H3. The van der Waals surface area contributed by atoms with Gasteiger partial charge in [0, 0.05) is 12.2 Å². The Bertz CT molecular complexity index is 928. The van der Waals surface area contributed by atoms with E-state index in [1.165, 1.54) is 12.1 Å². The molecule has 0 bridgehead atoms. The van der Waals surface area contributed by atoms with Crippen LogP contribution in [0.3, 0.4) is 0 Å². The summed E-state index contributed by atoms with van der Waals surface area (Å²) in [5, 5.41) is 11.7. The van der Waals surface area contributed by atoms with Crippen LogP contribution in [0.2, 0.25) is 0 Å². The average Bonchev–Trinajstić information content (AvgIpc) is 2.69. The number of fused-ring (bicyclic) bond motifs is 1. The Kier molecular flexibility index (Phi) is 6.21. The van der Waals surface area contributed by atoms with Crippen molar-refractivity contribution in [3.63, 3.8) is 0 Å². The van der Waals surface area contributed by atoms with Crippen LogP contribution in [0.1, 0.15) is 24.5 Å². The molecule has 7 nitrogen and oxygen atoms in total. The van der Waals surface area contributed by atoms with E-state index in [0.717, 1.165) is 15.6 Å². The maximum Gasteiger partial charge on any atom is 0.321 e. The molecule has 2 N–H and O–H groups in total. The maximum atomic E-state index is 13.3. The van der Waals surface area contributed by atoms with Crippen molar-refractivity contribution in [3.8, 4) is 5.75 Å². The molecule has 0 fully saturated rings. The molecule has 1 unspecified atom stereocenters. The molecule has 2 aromatic carbocycles. The lowest BCUT2D eigenvalue weighted by Gasteiger charge is -2.31. The number of aryl methyl sites for hydroxylation is 1. The molecular formula is C20H24N2O5S. The van der Waals surface area contributed by atoms with Crippen LogP contribution in [0, 0.1) is 0 Å². The fraction of sp³-hybridized carbons (Fsp3) is 0.350. The number of carbonyl (C=O) groups is 1. The van der Waals surface area contributed by atoms with Gasteiger partial charge in [0.05, 0.1) is 6.61 Å². The third kappa shape index (κ3) is 4.63. The van der Waals surface area contributed by atoms with Crippen molar-refractivity contribution < 1.29 is 23.1 Å². The molecule has 0 aliphatic carbocycles. The molecular weight excluding hydrogens is 380 g/mol. The molecule has 0 spiro atoms. The number of anilines is 1. The summed E-state index contributed by atoms with van der Waals surface area (Å²) in [6, 6.07) is 13.8. The highest BCUT2D eigenvalue weighted by molar-refractivity contribution is 7.89. The quantitative estimate of drug-likeness (QED) is 0.689. The first-order chi connectivity index (χ1) is 13.4. The molecule has 28 heavy (non-hydrogen) atoms. The molecule has 3 rings (SSSR count). The largest absolute Gasteiger partial charge is 0.508 e. The monoisotopic (exact) mass is 404 g/mol. The van der Waals surface area contributed by atoms with Crippen molar-refractivity contribution in [2.45, 2.75) is 31.7 Å². The Hall–Kier alpha value is -2.58. The van der Waals surface area contributed by atoms with E-state index in [-0.39, 0.29) is 25.4 Å². The molecule has 1 heterocycles. The van der Waals surface area contributed by atoms with Crippen molar-refractivity contribution in [2.24, 2.45) is 0 Å². The fourth-order valence-corrected chi connectivity index (χ4v) is 4.87. The van der Waals surface area contributed by atoms with Crippen LogP contribution in [-0.4, -0.2) is 42.3 Å². The minimum absolute atomic E-state index is 0.0151. The van der Waals surface area contributed by atoms with Gasteiger partial charge in [0.25, 0.3) is 0 Å². The number of hydrogen-bond acceptors (Lipinski definition) is 6. The second-order valence-corrected chi connectivity index (χ2v) is 8.73. The first-order valence-electron chi connectivity index (χ1n) is 9.17. The van der Waals surface area contributed by atoms with E-state index in [2.05, 4.69) is 5.32 Å². The number of nitrogens with zero attached hydrogens (tertiary/aromatic N) is 1. The van der Waals surface area contributed by atoms with Crippen molar-refractivity contribution in [1.82, 2.24) is 4.31 Å². The number of benzene rings is 2. The highest BCUT2D eigenvalue weighted by Gasteiger charge is 2.35. The number of nitrogens with one attached hydrogen (secondary N) is 1. The molecule has 8 heteroatoms. The summed E-state index contributed by atoms with van der Waals surface area (Å²) in [6.07, 6.45) is 1.05. The lowest BCUT2D eigenvalue weighted by atomic mass is 10.0. The van der Waals surface area contributed by atoms with Crippen molar-refractivity contribution in [2.75, 3.05) is 18.5 Å². The molecule has 1 aliphatic rings. The van der Waals surface area contributed by atoms with Gasteiger partial charge in [0.1, 0.15) is 17.7 Å². The van der Waals surface area contributed by atoms with Gasteiger partial charge in [-0.25, -0.2) is 8.42 Å². The number of para-hydroxylation sites is 1. The maximum absolute atomic E-state index is 13.3. The lowest BCUT2D eigenvalue weighted by Crippen LogP contribution is -2.46. The second kappa shape index (κ2) is 8.62. The number of aromatic hydroxyl groups is 1. The van der Waals surface area contributed by atoms with Gasteiger partial charge in [-0.15, -0.1) is 0 Å². The van der Waals surface area contributed by atoms with E-state index < -0.39 is 21.4 Å². The van der Waals surface area contributed by atoms with E-state index in [9.17, 15) is 18.3 Å². The topological polar surface area (TPSA) is 95.9 Å². The van der Waals surface area contributed by atoms with E-state index >= 15 is 0 Å². The zero-order valence-electron chi connectivity index (χ0n) is 15.7. The summed E-state index contributed by atoms with van der Waals surface area (Å²) in [7, 11) is -3.83. The Morgan fingerprint density at radius 1 is 1.21 bits per heavy atom. The highest BCUT2D eigenvalue weighted by atomic mass is 32.2. The van der Waals surface area contributed by atoms with Gasteiger partial charge in [0.2, 0.25) is 10.0 Å². The molecule has 0 saturated heterocycles. The minimum Gasteiger partial charge on any atom is -0.508 e. The van der Waals surface area contributed by atoms with Gasteiger partial charge in [0.15, 0.2) is 0 Å². The van der Waals surface area contributed by atoms with Gasteiger partial charge >= 0.3 is 5.97 Å². The van der Waals surface area contributed by atoms with Gasteiger partial charge in [-0.2, -0.15) is 4.31 Å². The van der Waals surface area contributed by atoms with E-state index in [1.807, 2.05) is 24.3 Å². The first-order valence-corrected chi connectivity index (χ1v) is 10.7. The number of rotatable bonds is 7. The first kappa shape index (κ1) is 20.2. The number of ether oxygens (including phenoxy) is 1. The van der Waals surface area contributed by atoms with Crippen LogP contribution < -0.4 is 5.32 Å². The molecule has 0 saturated carbocycles. The van der Waals surface area contributed by atoms with Crippen LogP contribution in [0.5, 0.6) is 5.75 Å². The highest BCUT2D eigenvalue weighted by Crippen LogP contribution is 2.28. The second-order valence-electron chi connectivity index (χ2n) is 6.61. The predicted molar refractivity (Wildman–Crippen MR) is 106 cm³/mol. The summed E-state index contributed by atoms with van der Waals surface area (Å²) < 4.78 is 32.7. The SMILES string of the molecule is CCOC(=O)CN(Cc1ccc(O)cc1)S(=O)(=O)C1CCc2ccccc2N1. The molecule has 2 aromatic rings. The fourth-order valence-electron chi connectivity index (χ4n) is 3.21. The van der Waals surface area contributed by atoms with Crippen LogP contribution in [0.25, 0.3) is 0 Å². The lowest BCUT2D eigenvalue weighted by molar-refractivity contribution is -0.143. The Labute approximate surface area is 165 Å². The van der Waals surface area contributed by atoms with E-state index in [4.69, 9.17) is 4.74 Å². The number of carbonyl (C=O) groups excluding carboxylic acids is 1. The number of hydrogen-bond donors (Lipinski definition) is 2. The number of phenolic OH excluding ortho intramolecular Hbond substituents is 1. The normalized spacial score (nSPS) is 16.3. The summed E-state index contributed by atoms with van der Waals surface area (Å²) >= 11 is 0. The zero-order valence-corrected chi connectivity index (χ0v) is 16.5. The van der Waals surface area contributed by atoms with Crippen LogP contribution in [-0.2, 0) is 32.5 Å². The number of phenols is 1. The third-order valence-electron chi connectivity index (χ3n) is 4.64. The summed E-state index contributed by atoms with van der Waals surface area (Å²) in [4.78, 5) is 12.0. The van der Waals surface area contributed by atoms with E-state index in [0.29, 0.717) is 18.4 Å². The van der Waals surface area contributed by atoms with Gasteiger partial charge in [-0.1, -0.05) is 30.3 Å². The van der Waals surface area contributed by atoms with Gasteiger partial charge < -0.3 is 15.2 Å².